The Kier molecular flexibility index (Phi) is 4.90. The highest BCUT2D eigenvalue weighted by molar-refractivity contribution is 7.10. The zero-order valence-electron chi connectivity index (χ0n) is 14.2. The molecule has 0 bridgehead atoms. The number of benzene rings is 1. The number of carbonyl (C=O) groups is 1. The standard InChI is InChI=1S/C19H23N3O2S/c23-19(20-12-17-2-1-10-24-17)21-15-3-5-16(6-4-15)22-9-7-18-14(13-22)8-11-25-18/h3-6,8,11,17H,1-2,7,9-10,12-13H2,(H2,20,21,23). The van der Waals surface area contributed by atoms with E-state index in [0.29, 0.717) is 6.54 Å². The number of carbonyl (C=O) groups excluding carboxylic acids is 1. The maximum atomic E-state index is 12.0. The van der Waals surface area contributed by atoms with E-state index in [1.165, 1.54) is 16.1 Å². The molecule has 0 spiro atoms. The van der Waals surface area contributed by atoms with E-state index in [-0.39, 0.29) is 12.1 Å². The number of amides is 2. The van der Waals surface area contributed by atoms with Crippen LogP contribution in [0.25, 0.3) is 0 Å². The maximum absolute atomic E-state index is 12.0. The second-order valence-electron chi connectivity index (χ2n) is 6.56. The first-order chi connectivity index (χ1) is 12.3. The molecule has 1 aromatic heterocycles. The normalized spacial score (nSPS) is 19.5. The Morgan fingerprint density at radius 3 is 2.96 bits per heavy atom. The van der Waals surface area contributed by atoms with Gasteiger partial charge in [0.2, 0.25) is 0 Å². The monoisotopic (exact) mass is 357 g/mol. The van der Waals surface area contributed by atoms with Gasteiger partial charge in [0.05, 0.1) is 6.10 Å². The first kappa shape index (κ1) is 16.4. The van der Waals surface area contributed by atoms with Crippen molar-refractivity contribution in [3.05, 3.63) is 46.2 Å². The smallest absolute Gasteiger partial charge is 0.319 e. The molecule has 132 valence electrons. The molecule has 0 aliphatic carbocycles. The van der Waals surface area contributed by atoms with Crippen molar-refractivity contribution < 1.29 is 9.53 Å². The molecule has 2 aliphatic rings. The third-order valence-electron chi connectivity index (χ3n) is 4.81. The Morgan fingerprint density at radius 1 is 1.28 bits per heavy atom. The lowest BCUT2D eigenvalue weighted by Gasteiger charge is -2.29. The van der Waals surface area contributed by atoms with Crippen LogP contribution in [0.2, 0.25) is 0 Å². The van der Waals surface area contributed by atoms with E-state index in [0.717, 1.165) is 44.6 Å². The third kappa shape index (κ3) is 3.96. The number of nitrogens with zero attached hydrogens (tertiary/aromatic N) is 1. The van der Waals surface area contributed by atoms with Crippen LogP contribution in [-0.4, -0.2) is 31.8 Å². The van der Waals surface area contributed by atoms with Gasteiger partial charge in [0, 0.05) is 42.5 Å². The highest BCUT2D eigenvalue weighted by Gasteiger charge is 2.18. The molecular formula is C19H23N3O2S. The van der Waals surface area contributed by atoms with Crippen LogP contribution in [0.1, 0.15) is 23.3 Å². The van der Waals surface area contributed by atoms with E-state index >= 15 is 0 Å². The van der Waals surface area contributed by atoms with Gasteiger partial charge in [-0.15, -0.1) is 11.3 Å². The zero-order valence-corrected chi connectivity index (χ0v) is 15.0. The number of rotatable bonds is 4. The van der Waals surface area contributed by atoms with Crippen LogP contribution in [0.15, 0.2) is 35.7 Å². The molecule has 1 unspecified atom stereocenters. The largest absolute Gasteiger partial charge is 0.376 e. The summed E-state index contributed by atoms with van der Waals surface area (Å²) in [7, 11) is 0. The summed E-state index contributed by atoms with van der Waals surface area (Å²) in [5.74, 6) is 0. The molecular weight excluding hydrogens is 334 g/mol. The predicted octanol–water partition coefficient (Wildman–Crippen LogP) is 3.61. The summed E-state index contributed by atoms with van der Waals surface area (Å²) in [4.78, 5) is 15.9. The molecule has 3 heterocycles. The lowest BCUT2D eigenvalue weighted by Crippen LogP contribution is -2.35. The molecule has 1 aromatic carbocycles. The molecule has 2 N–H and O–H groups in total. The second kappa shape index (κ2) is 7.45. The number of anilines is 2. The van der Waals surface area contributed by atoms with Gasteiger partial charge in [0.15, 0.2) is 0 Å². The van der Waals surface area contributed by atoms with Crippen LogP contribution in [0.4, 0.5) is 16.2 Å². The van der Waals surface area contributed by atoms with Gasteiger partial charge in [-0.2, -0.15) is 0 Å². The van der Waals surface area contributed by atoms with Gasteiger partial charge in [0.25, 0.3) is 0 Å². The van der Waals surface area contributed by atoms with E-state index in [9.17, 15) is 4.79 Å². The van der Waals surface area contributed by atoms with Crippen molar-refractivity contribution in [1.29, 1.82) is 0 Å². The van der Waals surface area contributed by atoms with Crippen LogP contribution < -0.4 is 15.5 Å². The minimum Gasteiger partial charge on any atom is -0.376 e. The zero-order chi connectivity index (χ0) is 17.1. The maximum Gasteiger partial charge on any atom is 0.319 e. The van der Waals surface area contributed by atoms with E-state index in [1.807, 2.05) is 23.5 Å². The fourth-order valence-corrected chi connectivity index (χ4v) is 4.30. The van der Waals surface area contributed by atoms with Gasteiger partial charge in [-0.05, 0) is 60.5 Å². The highest BCUT2D eigenvalue weighted by Crippen LogP contribution is 2.28. The van der Waals surface area contributed by atoms with Gasteiger partial charge in [-0.3, -0.25) is 0 Å². The van der Waals surface area contributed by atoms with Crippen LogP contribution in [0.3, 0.4) is 0 Å². The quantitative estimate of drug-likeness (QED) is 0.879. The summed E-state index contributed by atoms with van der Waals surface area (Å²) in [5.41, 5.74) is 3.44. The van der Waals surface area contributed by atoms with Gasteiger partial charge in [-0.25, -0.2) is 4.79 Å². The fraction of sp³-hybridized carbons (Fsp3) is 0.421. The molecule has 0 saturated carbocycles. The van der Waals surface area contributed by atoms with Crippen molar-refractivity contribution >= 4 is 28.7 Å². The molecule has 25 heavy (non-hydrogen) atoms. The molecule has 0 radical (unpaired) electrons. The number of urea groups is 1. The molecule has 2 aromatic rings. The van der Waals surface area contributed by atoms with E-state index in [1.54, 1.807) is 0 Å². The summed E-state index contributed by atoms with van der Waals surface area (Å²) >= 11 is 1.86. The highest BCUT2D eigenvalue weighted by atomic mass is 32.1. The average molecular weight is 357 g/mol. The van der Waals surface area contributed by atoms with Crippen LogP contribution >= 0.6 is 11.3 Å². The lowest BCUT2D eigenvalue weighted by molar-refractivity contribution is 0.112. The summed E-state index contributed by atoms with van der Waals surface area (Å²) < 4.78 is 5.51. The lowest BCUT2D eigenvalue weighted by atomic mass is 10.1. The van der Waals surface area contributed by atoms with Crippen molar-refractivity contribution in [3.63, 3.8) is 0 Å². The third-order valence-corrected chi connectivity index (χ3v) is 5.84. The van der Waals surface area contributed by atoms with E-state index in [4.69, 9.17) is 4.74 Å². The Labute approximate surface area is 152 Å². The Balaban J connectivity index is 1.30. The minimum atomic E-state index is -0.177. The Morgan fingerprint density at radius 2 is 2.16 bits per heavy atom. The number of ether oxygens (including phenoxy) is 1. The summed E-state index contributed by atoms with van der Waals surface area (Å²) in [6.07, 6.45) is 3.38. The summed E-state index contributed by atoms with van der Waals surface area (Å²) in [6.45, 7) is 3.38. The van der Waals surface area contributed by atoms with Gasteiger partial charge >= 0.3 is 6.03 Å². The van der Waals surface area contributed by atoms with E-state index in [2.05, 4.69) is 39.1 Å². The Bertz CT molecular complexity index is 723. The molecule has 5 nitrogen and oxygen atoms in total. The molecule has 1 atom stereocenters. The molecule has 4 rings (SSSR count). The van der Waals surface area contributed by atoms with Crippen molar-refractivity contribution in [2.45, 2.75) is 31.9 Å². The van der Waals surface area contributed by atoms with Crippen LogP contribution in [0, 0.1) is 0 Å². The molecule has 1 fully saturated rings. The van der Waals surface area contributed by atoms with Crippen LogP contribution in [0.5, 0.6) is 0 Å². The Hall–Kier alpha value is -2.05. The predicted molar refractivity (Wildman–Crippen MR) is 102 cm³/mol. The van der Waals surface area contributed by atoms with Gasteiger partial charge in [-0.1, -0.05) is 0 Å². The second-order valence-corrected chi connectivity index (χ2v) is 7.56. The van der Waals surface area contributed by atoms with Crippen molar-refractivity contribution in [2.75, 3.05) is 29.9 Å². The van der Waals surface area contributed by atoms with Crippen molar-refractivity contribution in [2.24, 2.45) is 0 Å². The molecule has 2 amide bonds. The number of hydrogen-bond acceptors (Lipinski definition) is 4. The number of nitrogens with one attached hydrogen (secondary N) is 2. The van der Waals surface area contributed by atoms with E-state index < -0.39 is 0 Å². The molecule has 2 aliphatic heterocycles. The number of fused-ring (bicyclic) bond motifs is 1. The molecule has 6 heteroatoms. The number of hydrogen-bond donors (Lipinski definition) is 2. The topological polar surface area (TPSA) is 53.6 Å². The van der Waals surface area contributed by atoms with Gasteiger partial charge < -0.3 is 20.3 Å². The van der Waals surface area contributed by atoms with Gasteiger partial charge in [0.1, 0.15) is 0 Å². The first-order valence-corrected chi connectivity index (χ1v) is 9.72. The summed E-state index contributed by atoms with van der Waals surface area (Å²) in [6, 6.07) is 10.1. The fourth-order valence-electron chi connectivity index (χ4n) is 3.41. The van der Waals surface area contributed by atoms with Crippen LogP contribution in [-0.2, 0) is 17.7 Å². The molecule has 1 saturated heterocycles. The number of thiophene rings is 1. The average Bonchev–Trinajstić information content (AvgIpc) is 3.31. The minimum absolute atomic E-state index is 0.161. The van der Waals surface area contributed by atoms with Crippen molar-refractivity contribution in [3.8, 4) is 0 Å². The van der Waals surface area contributed by atoms with Crippen molar-refractivity contribution in [1.82, 2.24) is 5.32 Å². The SMILES string of the molecule is O=C(NCC1CCCO1)Nc1ccc(N2CCc3sccc3C2)cc1. The first-order valence-electron chi connectivity index (χ1n) is 8.84. The summed E-state index contributed by atoms with van der Waals surface area (Å²) in [5, 5.41) is 7.94.